The minimum absolute atomic E-state index is 0.282. The molecule has 3 heteroatoms. The van der Waals surface area contributed by atoms with E-state index in [2.05, 4.69) is 25.7 Å². The fraction of sp³-hybridized carbons (Fsp3) is 0.500. The predicted molar refractivity (Wildman–Crippen MR) is 84.3 cm³/mol. The van der Waals surface area contributed by atoms with Gasteiger partial charge in [0.25, 0.3) is 0 Å². The zero-order valence-corrected chi connectivity index (χ0v) is 13.1. The van der Waals surface area contributed by atoms with Crippen LogP contribution in [0.3, 0.4) is 0 Å². The molecular weight excluding hydrogens is 264 g/mol. The average molecular weight is 288 g/mol. The number of para-hydroxylation sites is 2. The standard InChI is InChI=1S/C18H24O3/c1-4-6-7-12-18(19)21-17-11-9-8-10-16(17)20-14-13-15(3)5-2/h8-11,15H,5,7,12-14H2,1-3H3/t15-/m0/s1. The van der Waals surface area contributed by atoms with E-state index in [0.29, 0.717) is 36.9 Å². The number of carbonyl (C=O) groups is 1. The number of ether oxygens (including phenoxy) is 2. The van der Waals surface area contributed by atoms with Crippen LogP contribution in [0.5, 0.6) is 11.5 Å². The summed E-state index contributed by atoms with van der Waals surface area (Å²) in [7, 11) is 0. The lowest BCUT2D eigenvalue weighted by Crippen LogP contribution is -2.09. The van der Waals surface area contributed by atoms with Crippen LogP contribution in [-0.4, -0.2) is 12.6 Å². The third-order valence-corrected chi connectivity index (χ3v) is 3.27. The molecule has 114 valence electrons. The Hall–Kier alpha value is -1.95. The van der Waals surface area contributed by atoms with Gasteiger partial charge in [-0.3, -0.25) is 4.79 Å². The second-order valence-corrected chi connectivity index (χ2v) is 5.00. The van der Waals surface area contributed by atoms with Crippen molar-refractivity contribution in [3.8, 4) is 23.3 Å². The fourth-order valence-electron chi connectivity index (χ4n) is 1.69. The molecule has 0 spiro atoms. The van der Waals surface area contributed by atoms with Gasteiger partial charge in [-0.25, -0.2) is 0 Å². The van der Waals surface area contributed by atoms with Crippen LogP contribution in [0.15, 0.2) is 24.3 Å². The molecule has 1 aromatic rings. The molecule has 0 saturated carbocycles. The van der Waals surface area contributed by atoms with Crippen LogP contribution in [0.2, 0.25) is 0 Å². The highest BCUT2D eigenvalue weighted by atomic mass is 16.6. The summed E-state index contributed by atoms with van der Waals surface area (Å²) in [5.74, 6) is 7.06. The molecule has 0 aliphatic carbocycles. The summed E-state index contributed by atoms with van der Waals surface area (Å²) in [5.41, 5.74) is 0. The largest absolute Gasteiger partial charge is 0.490 e. The van der Waals surface area contributed by atoms with Crippen molar-refractivity contribution in [3.63, 3.8) is 0 Å². The summed E-state index contributed by atoms with van der Waals surface area (Å²) < 4.78 is 11.1. The highest BCUT2D eigenvalue weighted by Gasteiger charge is 2.10. The SMILES string of the molecule is CC#CCCC(=O)Oc1ccccc1OCC[C@@H](C)CC. The maximum atomic E-state index is 11.7. The monoisotopic (exact) mass is 288 g/mol. The molecule has 0 aliphatic heterocycles. The molecule has 1 aromatic carbocycles. The minimum atomic E-state index is -0.282. The van der Waals surface area contributed by atoms with Gasteiger partial charge in [-0.05, 0) is 31.4 Å². The summed E-state index contributed by atoms with van der Waals surface area (Å²) in [6.45, 7) is 6.75. The summed E-state index contributed by atoms with van der Waals surface area (Å²) in [6, 6.07) is 7.28. The Balaban J connectivity index is 2.53. The molecule has 0 unspecified atom stereocenters. The molecule has 0 radical (unpaired) electrons. The second-order valence-electron chi connectivity index (χ2n) is 5.00. The van der Waals surface area contributed by atoms with E-state index in [1.165, 1.54) is 0 Å². The van der Waals surface area contributed by atoms with Crippen molar-refractivity contribution in [2.24, 2.45) is 5.92 Å². The molecule has 3 nitrogen and oxygen atoms in total. The quantitative estimate of drug-likeness (QED) is 0.408. The lowest BCUT2D eigenvalue weighted by atomic mass is 10.1. The Labute approximate surface area is 127 Å². The van der Waals surface area contributed by atoms with Gasteiger partial charge < -0.3 is 9.47 Å². The lowest BCUT2D eigenvalue weighted by molar-refractivity contribution is -0.134. The number of hydrogen-bond acceptors (Lipinski definition) is 3. The topological polar surface area (TPSA) is 35.5 Å². The summed E-state index contributed by atoms with van der Waals surface area (Å²) in [6.07, 6.45) is 2.94. The van der Waals surface area contributed by atoms with Gasteiger partial charge in [0.2, 0.25) is 0 Å². The van der Waals surface area contributed by atoms with E-state index in [4.69, 9.17) is 9.47 Å². The number of esters is 1. The molecule has 0 N–H and O–H groups in total. The van der Waals surface area contributed by atoms with Gasteiger partial charge >= 0.3 is 5.97 Å². The molecular formula is C18H24O3. The second kappa shape index (κ2) is 9.88. The van der Waals surface area contributed by atoms with E-state index in [1.807, 2.05) is 18.2 Å². The summed E-state index contributed by atoms with van der Waals surface area (Å²) in [5, 5.41) is 0. The molecule has 0 saturated heterocycles. The van der Waals surface area contributed by atoms with Gasteiger partial charge in [0, 0.05) is 6.42 Å². The highest BCUT2D eigenvalue weighted by Crippen LogP contribution is 2.27. The van der Waals surface area contributed by atoms with E-state index in [-0.39, 0.29) is 5.97 Å². The number of carbonyl (C=O) groups excluding carboxylic acids is 1. The lowest BCUT2D eigenvalue weighted by Gasteiger charge is -2.13. The zero-order chi connectivity index (χ0) is 15.5. The smallest absolute Gasteiger partial charge is 0.312 e. The van der Waals surface area contributed by atoms with Crippen molar-refractivity contribution < 1.29 is 14.3 Å². The molecule has 0 fully saturated rings. The average Bonchev–Trinajstić information content (AvgIpc) is 2.49. The van der Waals surface area contributed by atoms with Crippen LogP contribution in [0.1, 0.15) is 46.5 Å². The van der Waals surface area contributed by atoms with Gasteiger partial charge in [-0.15, -0.1) is 11.8 Å². The van der Waals surface area contributed by atoms with Crippen molar-refractivity contribution in [1.82, 2.24) is 0 Å². The Morgan fingerprint density at radius 3 is 2.67 bits per heavy atom. The maximum absolute atomic E-state index is 11.7. The molecule has 0 aliphatic rings. The van der Waals surface area contributed by atoms with Crippen LogP contribution in [0.25, 0.3) is 0 Å². The van der Waals surface area contributed by atoms with E-state index >= 15 is 0 Å². The molecule has 0 bridgehead atoms. The van der Waals surface area contributed by atoms with Crippen LogP contribution in [-0.2, 0) is 4.79 Å². The van der Waals surface area contributed by atoms with Gasteiger partial charge in [0.1, 0.15) is 0 Å². The van der Waals surface area contributed by atoms with E-state index in [9.17, 15) is 4.79 Å². The first-order chi connectivity index (χ1) is 10.2. The Morgan fingerprint density at radius 2 is 2.00 bits per heavy atom. The molecule has 0 heterocycles. The first-order valence-electron chi connectivity index (χ1n) is 7.49. The fourth-order valence-corrected chi connectivity index (χ4v) is 1.69. The Bertz CT molecular complexity index is 497. The number of benzene rings is 1. The van der Waals surface area contributed by atoms with Gasteiger partial charge in [-0.2, -0.15) is 0 Å². The van der Waals surface area contributed by atoms with Gasteiger partial charge in [0.15, 0.2) is 11.5 Å². The molecule has 21 heavy (non-hydrogen) atoms. The predicted octanol–water partition coefficient (Wildman–Crippen LogP) is 4.21. The zero-order valence-electron chi connectivity index (χ0n) is 13.1. The molecule has 0 amide bonds. The van der Waals surface area contributed by atoms with E-state index in [0.717, 1.165) is 12.8 Å². The third kappa shape index (κ3) is 6.85. The normalized spacial score (nSPS) is 11.2. The minimum Gasteiger partial charge on any atom is -0.490 e. The van der Waals surface area contributed by atoms with Crippen molar-refractivity contribution >= 4 is 5.97 Å². The maximum Gasteiger partial charge on any atom is 0.312 e. The third-order valence-electron chi connectivity index (χ3n) is 3.27. The Morgan fingerprint density at radius 1 is 1.29 bits per heavy atom. The summed E-state index contributed by atoms with van der Waals surface area (Å²) in [4.78, 5) is 11.7. The number of hydrogen-bond donors (Lipinski definition) is 0. The first-order valence-corrected chi connectivity index (χ1v) is 7.49. The Kier molecular flexibility index (Phi) is 8.04. The van der Waals surface area contributed by atoms with Crippen molar-refractivity contribution in [1.29, 1.82) is 0 Å². The summed E-state index contributed by atoms with van der Waals surface area (Å²) >= 11 is 0. The highest BCUT2D eigenvalue weighted by molar-refractivity contribution is 5.73. The van der Waals surface area contributed by atoms with Crippen LogP contribution in [0, 0.1) is 17.8 Å². The van der Waals surface area contributed by atoms with Gasteiger partial charge in [-0.1, -0.05) is 32.4 Å². The van der Waals surface area contributed by atoms with Crippen molar-refractivity contribution in [3.05, 3.63) is 24.3 Å². The molecule has 1 rings (SSSR count). The van der Waals surface area contributed by atoms with E-state index in [1.54, 1.807) is 13.0 Å². The van der Waals surface area contributed by atoms with Crippen LogP contribution >= 0.6 is 0 Å². The molecule has 1 atom stereocenters. The van der Waals surface area contributed by atoms with Gasteiger partial charge in [0.05, 0.1) is 13.0 Å². The van der Waals surface area contributed by atoms with Crippen LogP contribution < -0.4 is 9.47 Å². The van der Waals surface area contributed by atoms with Crippen LogP contribution in [0.4, 0.5) is 0 Å². The van der Waals surface area contributed by atoms with Crippen molar-refractivity contribution in [2.45, 2.75) is 46.5 Å². The van der Waals surface area contributed by atoms with Crippen molar-refractivity contribution in [2.75, 3.05) is 6.61 Å². The number of rotatable bonds is 8. The first kappa shape index (κ1) is 17.1. The molecule has 0 aromatic heterocycles. The van der Waals surface area contributed by atoms with E-state index < -0.39 is 0 Å².